The van der Waals surface area contributed by atoms with Gasteiger partial charge in [-0.15, -0.1) is 0 Å². The van der Waals surface area contributed by atoms with E-state index in [9.17, 15) is 5.11 Å². The van der Waals surface area contributed by atoms with Gasteiger partial charge in [0.25, 0.3) is 0 Å². The van der Waals surface area contributed by atoms with Crippen LogP contribution in [0.1, 0.15) is 30.0 Å². The quantitative estimate of drug-likeness (QED) is 0.866. The Bertz CT molecular complexity index is 785. The Labute approximate surface area is 165 Å². The Morgan fingerprint density at radius 3 is 2.44 bits per heavy atom. The minimum Gasteiger partial charge on any atom is -0.390 e. The molecule has 4 nitrogen and oxygen atoms in total. The van der Waals surface area contributed by atoms with Gasteiger partial charge in [0.1, 0.15) is 5.82 Å². The highest BCUT2D eigenvalue weighted by molar-refractivity contribution is 7.99. The third-order valence-electron chi connectivity index (χ3n) is 6.75. The van der Waals surface area contributed by atoms with Crippen LogP contribution < -0.4 is 4.90 Å². The Morgan fingerprint density at radius 2 is 1.70 bits per heavy atom. The first-order chi connectivity index (χ1) is 13.3. The lowest BCUT2D eigenvalue weighted by Gasteiger charge is -2.44. The van der Waals surface area contributed by atoms with Crippen molar-refractivity contribution in [2.24, 2.45) is 0 Å². The van der Waals surface area contributed by atoms with E-state index in [2.05, 4.69) is 51.2 Å². The van der Waals surface area contributed by atoms with Crippen molar-refractivity contribution in [1.82, 2.24) is 9.88 Å². The zero-order valence-electron chi connectivity index (χ0n) is 15.6. The molecule has 1 N–H and O–H groups in total. The molecule has 5 rings (SSSR count). The summed E-state index contributed by atoms with van der Waals surface area (Å²) in [5.41, 5.74) is 2.64. The van der Waals surface area contributed by atoms with Gasteiger partial charge in [-0.1, -0.05) is 30.3 Å². The molecule has 3 heterocycles. The van der Waals surface area contributed by atoms with E-state index in [1.165, 1.54) is 22.6 Å². The predicted octanol–water partition coefficient (Wildman–Crippen LogP) is 3.08. The summed E-state index contributed by atoms with van der Waals surface area (Å²) in [6.45, 7) is 4.06. The molecule has 142 valence electrons. The topological polar surface area (TPSA) is 39.6 Å². The number of hydrogen-bond donors (Lipinski definition) is 1. The van der Waals surface area contributed by atoms with Gasteiger partial charge in [0.05, 0.1) is 12.1 Å². The van der Waals surface area contributed by atoms with Gasteiger partial charge < -0.3 is 10.0 Å². The van der Waals surface area contributed by atoms with Crippen LogP contribution in [0.2, 0.25) is 0 Å². The van der Waals surface area contributed by atoms with E-state index >= 15 is 0 Å². The van der Waals surface area contributed by atoms with Crippen molar-refractivity contribution >= 4 is 17.6 Å². The van der Waals surface area contributed by atoms with Crippen LogP contribution in [0.3, 0.4) is 0 Å². The minimum absolute atomic E-state index is 0.114. The number of anilines is 1. The summed E-state index contributed by atoms with van der Waals surface area (Å²) in [4.78, 5) is 9.42. The summed E-state index contributed by atoms with van der Waals surface area (Å²) in [5, 5.41) is 11.6. The molecule has 2 atom stereocenters. The van der Waals surface area contributed by atoms with Crippen LogP contribution in [0.4, 0.5) is 5.82 Å². The molecular weight excluding hydrogens is 354 g/mol. The smallest absolute Gasteiger partial charge is 0.128 e. The number of aromatic nitrogens is 1. The van der Waals surface area contributed by atoms with Crippen LogP contribution in [0.5, 0.6) is 0 Å². The summed E-state index contributed by atoms with van der Waals surface area (Å²) < 4.78 is 0. The molecule has 3 aliphatic rings. The summed E-state index contributed by atoms with van der Waals surface area (Å²) in [7, 11) is 0. The van der Waals surface area contributed by atoms with Gasteiger partial charge >= 0.3 is 0 Å². The molecule has 0 amide bonds. The molecular formula is C22H27N3OS. The van der Waals surface area contributed by atoms with Gasteiger partial charge in [-0.3, -0.25) is 4.90 Å². The highest BCUT2D eigenvalue weighted by Gasteiger charge is 2.54. The van der Waals surface area contributed by atoms with Crippen LogP contribution in [0.15, 0.2) is 48.7 Å². The molecule has 1 spiro atoms. The molecule has 1 aromatic heterocycles. The first-order valence-corrected chi connectivity index (χ1v) is 11.2. The van der Waals surface area contributed by atoms with Gasteiger partial charge in [0, 0.05) is 49.3 Å². The number of hydrogen-bond acceptors (Lipinski definition) is 5. The van der Waals surface area contributed by atoms with Crippen LogP contribution in [-0.2, 0) is 5.41 Å². The second kappa shape index (κ2) is 7.12. The second-order valence-corrected chi connectivity index (χ2v) is 9.18. The number of aliphatic hydroxyl groups excluding tert-OH is 1. The SMILES string of the molecule is O[C@H]1[C@H](N2CCSCC2)c2ccccc2C12CCN(c1ccccn1)CC2. The van der Waals surface area contributed by atoms with Crippen molar-refractivity contribution in [1.29, 1.82) is 0 Å². The number of nitrogens with zero attached hydrogens (tertiary/aromatic N) is 3. The molecule has 2 fully saturated rings. The van der Waals surface area contributed by atoms with Gasteiger partial charge in [0.2, 0.25) is 0 Å². The Hall–Kier alpha value is -1.56. The van der Waals surface area contributed by atoms with E-state index < -0.39 is 0 Å². The fraction of sp³-hybridized carbons (Fsp3) is 0.500. The maximum Gasteiger partial charge on any atom is 0.128 e. The van der Waals surface area contributed by atoms with E-state index in [-0.39, 0.29) is 17.6 Å². The van der Waals surface area contributed by atoms with Crippen LogP contribution in [0.25, 0.3) is 0 Å². The standard InChI is InChI=1S/C22H27N3OS/c26-21-20(25-13-15-27-16-14-25)17-5-1-2-6-18(17)22(21)8-11-24(12-9-22)19-7-3-4-10-23-19/h1-7,10,20-21,26H,8-9,11-16H2/t20-,21+/m1/s1. The van der Waals surface area contributed by atoms with Crippen molar-refractivity contribution < 1.29 is 5.11 Å². The largest absolute Gasteiger partial charge is 0.390 e. The lowest BCUT2D eigenvalue weighted by atomic mass is 9.72. The van der Waals surface area contributed by atoms with Crippen molar-refractivity contribution in [3.05, 3.63) is 59.8 Å². The second-order valence-electron chi connectivity index (χ2n) is 7.96. The van der Waals surface area contributed by atoms with Crippen LogP contribution in [-0.4, -0.2) is 58.8 Å². The predicted molar refractivity (Wildman–Crippen MR) is 111 cm³/mol. The average Bonchev–Trinajstić information content (AvgIpc) is 2.98. The number of pyridine rings is 1. The summed E-state index contributed by atoms with van der Waals surface area (Å²) in [6, 6.07) is 15.1. The monoisotopic (exact) mass is 381 g/mol. The molecule has 2 saturated heterocycles. The molecule has 0 saturated carbocycles. The molecule has 2 aromatic rings. The van der Waals surface area contributed by atoms with Crippen molar-refractivity contribution in [2.45, 2.75) is 30.4 Å². The maximum atomic E-state index is 11.6. The van der Waals surface area contributed by atoms with E-state index in [1.807, 2.05) is 24.0 Å². The molecule has 5 heteroatoms. The lowest BCUT2D eigenvalue weighted by molar-refractivity contribution is 0.00350. The number of fused-ring (bicyclic) bond motifs is 2. The number of aliphatic hydroxyl groups is 1. The van der Waals surface area contributed by atoms with Crippen molar-refractivity contribution in [3.8, 4) is 0 Å². The van der Waals surface area contributed by atoms with Crippen molar-refractivity contribution in [3.63, 3.8) is 0 Å². The van der Waals surface area contributed by atoms with E-state index in [0.717, 1.165) is 44.8 Å². The van der Waals surface area contributed by atoms with Gasteiger partial charge in [-0.05, 0) is 36.1 Å². The van der Waals surface area contributed by atoms with Crippen LogP contribution in [0, 0.1) is 0 Å². The first kappa shape index (κ1) is 17.5. The first-order valence-electron chi connectivity index (χ1n) is 10.0. The summed E-state index contributed by atoms with van der Waals surface area (Å²) in [6.07, 6.45) is 3.52. The summed E-state index contributed by atoms with van der Waals surface area (Å²) >= 11 is 2.03. The van der Waals surface area contributed by atoms with Gasteiger partial charge in [-0.25, -0.2) is 4.98 Å². The fourth-order valence-corrected chi connectivity index (χ4v) is 6.26. The zero-order chi connectivity index (χ0) is 18.3. The molecule has 0 unspecified atom stereocenters. The third-order valence-corrected chi connectivity index (χ3v) is 7.69. The molecule has 27 heavy (non-hydrogen) atoms. The highest BCUT2D eigenvalue weighted by Crippen LogP contribution is 2.53. The van der Waals surface area contributed by atoms with E-state index in [4.69, 9.17) is 0 Å². The molecule has 1 aromatic carbocycles. The Kier molecular flexibility index (Phi) is 4.62. The lowest BCUT2D eigenvalue weighted by Crippen LogP contribution is -2.50. The van der Waals surface area contributed by atoms with E-state index in [1.54, 1.807) is 0 Å². The van der Waals surface area contributed by atoms with Gasteiger partial charge in [0.15, 0.2) is 0 Å². The average molecular weight is 382 g/mol. The number of benzene rings is 1. The zero-order valence-corrected chi connectivity index (χ0v) is 16.4. The number of rotatable bonds is 2. The van der Waals surface area contributed by atoms with E-state index in [0.29, 0.717) is 0 Å². The Balaban J connectivity index is 1.44. The number of piperidine rings is 1. The summed E-state index contributed by atoms with van der Waals surface area (Å²) in [5.74, 6) is 3.40. The highest BCUT2D eigenvalue weighted by atomic mass is 32.2. The number of thioether (sulfide) groups is 1. The molecule has 2 aliphatic heterocycles. The molecule has 0 radical (unpaired) electrons. The Morgan fingerprint density at radius 1 is 0.963 bits per heavy atom. The van der Waals surface area contributed by atoms with Crippen molar-refractivity contribution in [2.75, 3.05) is 42.6 Å². The molecule has 1 aliphatic carbocycles. The minimum atomic E-state index is -0.316. The normalized spacial score (nSPS) is 27.7. The maximum absolute atomic E-state index is 11.6. The van der Waals surface area contributed by atoms with Gasteiger partial charge in [-0.2, -0.15) is 11.8 Å². The molecule has 0 bridgehead atoms. The fourth-order valence-electron chi connectivity index (χ4n) is 5.33. The van der Waals surface area contributed by atoms with Crippen LogP contribution >= 0.6 is 11.8 Å². The third kappa shape index (κ3) is 2.87.